The van der Waals surface area contributed by atoms with Gasteiger partial charge in [0.2, 0.25) is 0 Å². The maximum absolute atomic E-state index is 15.0. The molecule has 2 N–H and O–H groups in total. The number of nitrogens with zero attached hydrogens (tertiary/aromatic N) is 1. The van der Waals surface area contributed by atoms with Crippen LogP contribution >= 0.6 is 0 Å². The minimum Gasteiger partial charge on any atom is -0.473 e. The summed E-state index contributed by atoms with van der Waals surface area (Å²) in [6.45, 7) is 1.33. The minimum absolute atomic E-state index is 0.106. The second-order valence-electron chi connectivity index (χ2n) is 8.89. The van der Waals surface area contributed by atoms with E-state index in [-0.39, 0.29) is 29.4 Å². The van der Waals surface area contributed by atoms with Crippen LogP contribution in [0.25, 0.3) is 27.9 Å². The lowest BCUT2D eigenvalue weighted by Crippen LogP contribution is -2.30. The van der Waals surface area contributed by atoms with Crippen LogP contribution in [0.15, 0.2) is 36.4 Å². The van der Waals surface area contributed by atoms with Crippen molar-refractivity contribution in [2.24, 2.45) is 5.92 Å². The zero-order chi connectivity index (χ0) is 22.5. The van der Waals surface area contributed by atoms with Crippen LogP contribution in [-0.4, -0.2) is 53.2 Å². The Labute approximate surface area is 189 Å². The molecular formula is C25H24F2N2O4. The quantitative estimate of drug-likeness (QED) is 0.617. The number of aliphatic hydroxyl groups is 1. The summed E-state index contributed by atoms with van der Waals surface area (Å²) in [6.07, 6.45) is 3.43. The van der Waals surface area contributed by atoms with E-state index in [1.165, 1.54) is 12.1 Å². The van der Waals surface area contributed by atoms with Crippen molar-refractivity contribution in [3.05, 3.63) is 53.6 Å². The number of hydrogen-bond donors (Lipinski definition) is 2. The Morgan fingerprint density at radius 3 is 2.76 bits per heavy atom. The second kappa shape index (κ2) is 8.20. The molecule has 33 heavy (non-hydrogen) atoms. The largest absolute Gasteiger partial charge is 0.473 e. The van der Waals surface area contributed by atoms with Crippen LogP contribution in [0.2, 0.25) is 0 Å². The topological polar surface area (TPSA) is 76.6 Å². The van der Waals surface area contributed by atoms with Gasteiger partial charge in [0.05, 0.1) is 54.3 Å². The Hall–Kier alpha value is -2.81. The number of rotatable bonds is 4. The van der Waals surface area contributed by atoms with E-state index in [2.05, 4.69) is 9.97 Å². The molecule has 1 aromatic carbocycles. The predicted molar refractivity (Wildman–Crippen MR) is 118 cm³/mol. The van der Waals surface area contributed by atoms with Crippen molar-refractivity contribution in [3.8, 4) is 17.1 Å². The SMILES string of the molecule is O[C@@H]1CO[C@H]2C1CC[C@H]2Oc1cc2nc(-c3c(F)cc(C4=CCOCC4)cc3F)ccc2[nH]1. The van der Waals surface area contributed by atoms with Crippen LogP contribution in [0.5, 0.6) is 5.88 Å². The first-order valence-electron chi connectivity index (χ1n) is 11.3. The lowest BCUT2D eigenvalue weighted by molar-refractivity contribution is 0.0154. The third-order valence-electron chi connectivity index (χ3n) is 6.89. The van der Waals surface area contributed by atoms with E-state index in [0.29, 0.717) is 48.7 Å². The fourth-order valence-electron chi connectivity index (χ4n) is 5.20. The van der Waals surface area contributed by atoms with Gasteiger partial charge in [0.25, 0.3) is 0 Å². The molecule has 3 aliphatic rings. The lowest BCUT2D eigenvalue weighted by atomic mass is 9.98. The molecule has 2 aliphatic heterocycles. The van der Waals surface area contributed by atoms with Gasteiger partial charge in [0, 0.05) is 12.0 Å². The van der Waals surface area contributed by atoms with Crippen molar-refractivity contribution in [3.63, 3.8) is 0 Å². The number of pyridine rings is 1. The summed E-state index contributed by atoms with van der Waals surface area (Å²) in [4.78, 5) is 7.65. The second-order valence-corrected chi connectivity index (χ2v) is 8.89. The summed E-state index contributed by atoms with van der Waals surface area (Å²) in [6, 6.07) is 7.79. The molecule has 1 aliphatic carbocycles. The normalized spacial score (nSPS) is 27.1. The molecule has 6 rings (SSSR count). The Balaban J connectivity index is 1.27. The summed E-state index contributed by atoms with van der Waals surface area (Å²) in [5.41, 5.74) is 2.75. The number of aromatic nitrogens is 2. The summed E-state index contributed by atoms with van der Waals surface area (Å²) < 4.78 is 47.0. The molecule has 2 aromatic heterocycles. The van der Waals surface area contributed by atoms with E-state index in [4.69, 9.17) is 14.2 Å². The molecule has 2 fully saturated rings. The molecule has 0 spiro atoms. The van der Waals surface area contributed by atoms with Crippen molar-refractivity contribution in [1.82, 2.24) is 9.97 Å². The van der Waals surface area contributed by atoms with Gasteiger partial charge in [0.15, 0.2) is 5.88 Å². The van der Waals surface area contributed by atoms with Gasteiger partial charge in [-0.05, 0) is 54.7 Å². The van der Waals surface area contributed by atoms with Crippen LogP contribution in [0.1, 0.15) is 24.8 Å². The molecule has 1 saturated carbocycles. The van der Waals surface area contributed by atoms with E-state index in [1.54, 1.807) is 18.2 Å². The molecular weight excluding hydrogens is 430 g/mol. The highest BCUT2D eigenvalue weighted by atomic mass is 19.1. The first-order chi connectivity index (χ1) is 16.1. The van der Waals surface area contributed by atoms with Crippen LogP contribution < -0.4 is 4.74 Å². The number of benzene rings is 1. The van der Waals surface area contributed by atoms with E-state index >= 15 is 0 Å². The third-order valence-corrected chi connectivity index (χ3v) is 6.89. The summed E-state index contributed by atoms with van der Waals surface area (Å²) >= 11 is 0. The van der Waals surface area contributed by atoms with Gasteiger partial charge >= 0.3 is 0 Å². The van der Waals surface area contributed by atoms with Gasteiger partial charge in [-0.2, -0.15) is 0 Å². The zero-order valence-electron chi connectivity index (χ0n) is 17.9. The van der Waals surface area contributed by atoms with Gasteiger partial charge in [-0.15, -0.1) is 0 Å². The number of fused-ring (bicyclic) bond motifs is 2. The zero-order valence-corrected chi connectivity index (χ0v) is 17.9. The average Bonchev–Trinajstić information content (AvgIpc) is 3.50. The van der Waals surface area contributed by atoms with Gasteiger partial charge < -0.3 is 24.3 Å². The highest BCUT2D eigenvalue weighted by Crippen LogP contribution is 2.39. The fourth-order valence-corrected chi connectivity index (χ4v) is 5.20. The summed E-state index contributed by atoms with van der Waals surface area (Å²) in [5.74, 6) is -0.668. The molecule has 0 amide bonds. The van der Waals surface area contributed by atoms with Crippen molar-refractivity contribution >= 4 is 16.6 Å². The number of halogens is 2. The van der Waals surface area contributed by atoms with Crippen LogP contribution in [0.3, 0.4) is 0 Å². The predicted octanol–water partition coefficient (Wildman–Crippen LogP) is 4.23. The molecule has 1 saturated heterocycles. The molecule has 172 valence electrons. The minimum atomic E-state index is -0.648. The number of ether oxygens (including phenoxy) is 3. The number of aliphatic hydroxyl groups excluding tert-OH is 1. The van der Waals surface area contributed by atoms with Crippen molar-refractivity contribution in [2.75, 3.05) is 19.8 Å². The Kier molecular flexibility index (Phi) is 5.16. The van der Waals surface area contributed by atoms with Crippen LogP contribution in [0, 0.1) is 17.6 Å². The van der Waals surface area contributed by atoms with Gasteiger partial charge in [0.1, 0.15) is 17.7 Å². The number of H-pyrrole nitrogens is 1. The molecule has 4 atom stereocenters. The summed E-state index contributed by atoms with van der Waals surface area (Å²) in [7, 11) is 0. The van der Waals surface area contributed by atoms with E-state index in [1.807, 2.05) is 6.08 Å². The molecule has 8 heteroatoms. The molecule has 4 heterocycles. The Morgan fingerprint density at radius 2 is 1.97 bits per heavy atom. The lowest BCUT2D eigenvalue weighted by Gasteiger charge is -2.18. The van der Waals surface area contributed by atoms with Crippen molar-refractivity contribution in [2.45, 2.75) is 37.6 Å². The third kappa shape index (κ3) is 3.72. The number of hydrogen-bond acceptors (Lipinski definition) is 5. The maximum Gasteiger partial charge on any atom is 0.193 e. The first-order valence-corrected chi connectivity index (χ1v) is 11.3. The van der Waals surface area contributed by atoms with Gasteiger partial charge in [-0.1, -0.05) is 6.08 Å². The molecule has 0 radical (unpaired) electrons. The van der Waals surface area contributed by atoms with Gasteiger partial charge in [-0.25, -0.2) is 13.8 Å². The molecule has 1 unspecified atom stereocenters. The standard InChI is InChI=1S/C25H24F2N2O4/c26-16-9-14(13-5-7-31-8-6-13)10-17(27)24(16)19-3-2-18-20(28-19)11-23(29-18)33-22-4-1-15-21(30)12-32-25(15)22/h2-3,5,9-11,15,21-22,25,29-30H,1,4,6-8,12H2/t15?,21-,22-,25+/m1/s1. The van der Waals surface area contributed by atoms with E-state index < -0.39 is 17.7 Å². The number of aromatic amines is 1. The Bertz CT molecular complexity index is 1220. The molecule has 6 nitrogen and oxygen atoms in total. The van der Waals surface area contributed by atoms with E-state index in [0.717, 1.165) is 18.4 Å². The first kappa shape index (κ1) is 20.8. The van der Waals surface area contributed by atoms with Gasteiger partial charge in [-0.3, -0.25) is 0 Å². The van der Waals surface area contributed by atoms with Crippen molar-refractivity contribution < 1.29 is 28.1 Å². The average molecular weight is 454 g/mol. The highest BCUT2D eigenvalue weighted by Gasteiger charge is 2.47. The fraction of sp³-hybridized carbons (Fsp3) is 0.400. The van der Waals surface area contributed by atoms with Crippen molar-refractivity contribution in [1.29, 1.82) is 0 Å². The smallest absolute Gasteiger partial charge is 0.193 e. The monoisotopic (exact) mass is 454 g/mol. The molecule has 3 aromatic rings. The molecule has 0 bridgehead atoms. The van der Waals surface area contributed by atoms with Crippen LogP contribution in [0.4, 0.5) is 8.78 Å². The van der Waals surface area contributed by atoms with E-state index in [9.17, 15) is 13.9 Å². The number of nitrogens with one attached hydrogen (secondary N) is 1. The maximum atomic E-state index is 15.0. The summed E-state index contributed by atoms with van der Waals surface area (Å²) in [5, 5.41) is 10.0. The van der Waals surface area contributed by atoms with Crippen LogP contribution in [-0.2, 0) is 9.47 Å². The highest BCUT2D eigenvalue weighted by molar-refractivity contribution is 5.81. The Morgan fingerprint density at radius 1 is 1.12 bits per heavy atom.